The highest BCUT2D eigenvalue weighted by molar-refractivity contribution is 5.95. The lowest BCUT2D eigenvalue weighted by Gasteiger charge is -2.31. The Balaban J connectivity index is 2.08. The number of hydrogen-bond donors (Lipinski definition) is 6. The van der Waals surface area contributed by atoms with Crippen LogP contribution in [0.4, 0.5) is 0 Å². The smallest absolute Gasteiger partial charge is 0.326 e. The Hall–Kier alpha value is -3.51. The highest BCUT2D eigenvalue weighted by Gasteiger charge is 2.40. The van der Waals surface area contributed by atoms with Crippen LogP contribution < -0.4 is 16.4 Å². The summed E-state index contributed by atoms with van der Waals surface area (Å²) >= 11 is 0. The predicted molar refractivity (Wildman–Crippen MR) is 118 cm³/mol. The van der Waals surface area contributed by atoms with Gasteiger partial charge in [-0.25, -0.2) is 4.79 Å². The minimum atomic E-state index is -1.66. The largest absolute Gasteiger partial charge is 0.481 e. The first-order valence-electron chi connectivity index (χ1n) is 10.8. The summed E-state index contributed by atoms with van der Waals surface area (Å²) in [5, 5.41) is 32.8. The zero-order chi connectivity index (χ0) is 25.4. The van der Waals surface area contributed by atoms with E-state index < -0.39 is 66.4 Å². The van der Waals surface area contributed by atoms with Gasteiger partial charge in [-0.05, 0) is 31.7 Å². The molecule has 12 nitrogen and oxygen atoms in total. The Morgan fingerprint density at radius 3 is 2.32 bits per heavy atom. The summed E-state index contributed by atoms with van der Waals surface area (Å²) in [4.78, 5) is 61.7. The van der Waals surface area contributed by atoms with E-state index in [9.17, 15) is 29.1 Å². The molecule has 0 spiro atoms. The van der Waals surface area contributed by atoms with Crippen LogP contribution >= 0.6 is 0 Å². The molecule has 1 aromatic carbocycles. The van der Waals surface area contributed by atoms with Gasteiger partial charge in [0, 0.05) is 6.54 Å². The van der Waals surface area contributed by atoms with Gasteiger partial charge in [0.1, 0.15) is 18.1 Å². The fraction of sp³-hybridized carbons (Fsp3) is 0.500. The van der Waals surface area contributed by atoms with Crippen LogP contribution in [-0.4, -0.2) is 86.7 Å². The predicted octanol–water partition coefficient (Wildman–Crippen LogP) is -1.54. The summed E-state index contributed by atoms with van der Waals surface area (Å²) in [5.41, 5.74) is 6.78. The van der Waals surface area contributed by atoms with Crippen molar-refractivity contribution in [1.29, 1.82) is 0 Å². The molecule has 0 bridgehead atoms. The van der Waals surface area contributed by atoms with E-state index in [0.717, 1.165) is 10.5 Å². The van der Waals surface area contributed by atoms with E-state index in [-0.39, 0.29) is 19.4 Å². The van der Waals surface area contributed by atoms with Crippen LogP contribution in [0.15, 0.2) is 30.3 Å². The first kappa shape index (κ1) is 26.7. The fourth-order valence-corrected chi connectivity index (χ4v) is 3.73. The van der Waals surface area contributed by atoms with Crippen LogP contribution in [0.1, 0.15) is 31.7 Å². The maximum Gasteiger partial charge on any atom is 0.326 e. The zero-order valence-electron chi connectivity index (χ0n) is 18.7. The fourth-order valence-electron chi connectivity index (χ4n) is 3.73. The van der Waals surface area contributed by atoms with Crippen LogP contribution in [0.2, 0.25) is 0 Å². The minimum Gasteiger partial charge on any atom is -0.481 e. The van der Waals surface area contributed by atoms with Crippen molar-refractivity contribution >= 4 is 29.7 Å². The van der Waals surface area contributed by atoms with Crippen molar-refractivity contribution in [3.05, 3.63) is 35.9 Å². The van der Waals surface area contributed by atoms with E-state index in [1.807, 2.05) is 6.07 Å². The summed E-state index contributed by atoms with van der Waals surface area (Å²) in [6.07, 6.45) is -1.28. The number of rotatable bonds is 11. The number of carboxylic acid groups (broad SMARTS) is 2. The summed E-state index contributed by atoms with van der Waals surface area (Å²) in [6, 6.07) is 3.92. The molecule has 1 fully saturated rings. The number of nitrogens with one attached hydrogen (secondary N) is 2. The number of benzene rings is 1. The van der Waals surface area contributed by atoms with E-state index in [4.69, 9.17) is 15.9 Å². The highest BCUT2D eigenvalue weighted by Crippen LogP contribution is 2.20. The molecule has 1 aromatic rings. The number of carbonyl (C=O) groups excluding carboxylic acids is 3. The Morgan fingerprint density at radius 2 is 1.76 bits per heavy atom. The van der Waals surface area contributed by atoms with Gasteiger partial charge in [-0.2, -0.15) is 0 Å². The molecule has 0 aliphatic carbocycles. The van der Waals surface area contributed by atoms with Crippen LogP contribution in [0.5, 0.6) is 0 Å². The average Bonchev–Trinajstić information content (AvgIpc) is 3.26. The molecular weight excluding hydrogens is 448 g/mol. The van der Waals surface area contributed by atoms with Gasteiger partial charge in [0.2, 0.25) is 17.7 Å². The minimum absolute atomic E-state index is 0.142. The topological polar surface area (TPSA) is 199 Å². The van der Waals surface area contributed by atoms with Gasteiger partial charge in [-0.3, -0.25) is 19.2 Å². The number of aliphatic carboxylic acids is 2. The molecule has 12 heteroatoms. The molecule has 186 valence electrons. The van der Waals surface area contributed by atoms with Crippen molar-refractivity contribution in [2.75, 3.05) is 6.54 Å². The molecule has 3 amide bonds. The van der Waals surface area contributed by atoms with Crippen LogP contribution in [0, 0.1) is 0 Å². The Kier molecular flexibility index (Phi) is 9.51. The van der Waals surface area contributed by atoms with E-state index in [1.54, 1.807) is 24.3 Å². The monoisotopic (exact) mass is 478 g/mol. The van der Waals surface area contributed by atoms with Gasteiger partial charge >= 0.3 is 11.9 Å². The number of amides is 3. The number of aliphatic hydroxyl groups is 1. The van der Waals surface area contributed by atoms with Gasteiger partial charge in [-0.15, -0.1) is 0 Å². The molecule has 2 rings (SSSR count). The molecular formula is C22H30N4O8. The van der Waals surface area contributed by atoms with E-state index in [1.165, 1.54) is 6.92 Å². The van der Waals surface area contributed by atoms with E-state index in [2.05, 4.69) is 10.6 Å². The summed E-state index contributed by atoms with van der Waals surface area (Å²) < 4.78 is 0. The van der Waals surface area contributed by atoms with Crippen molar-refractivity contribution in [3.63, 3.8) is 0 Å². The molecule has 0 aromatic heterocycles. The molecule has 7 N–H and O–H groups in total. The van der Waals surface area contributed by atoms with Gasteiger partial charge < -0.3 is 36.6 Å². The first-order valence-corrected chi connectivity index (χ1v) is 10.8. The summed E-state index contributed by atoms with van der Waals surface area (Å²) in [7, 11) is 0. The average molecular weight is 479 g/mol. The molecule has 1 aliphatic rings. The zero-order valence-corrected chi connectivity index (χ0v) is 18.7. The molecule has 1 saturated heterocycles. The maximum absolute atomic E-state index is 13.1. The van der Waals surface area contributed by atoms with Gasteiger partial charge in [0.05, 0.1) is 18.6 Å². The number of carboxylic acids is 2. The number of likely N-dealkylation sites (tertiary alicyclic amines) is 1. The van der Waals surface area contributed by atoms with Crippen molar-refractivity contribution < 1.29 is 39.3 Å². The maximum atomic E-state index is 13.1. The van der Waals surface area contributed by atoms with E-state index >= 15 is 0 Å². The molecule has 0 saturated carbocycles. The lowest BCUT2D eigenvalue weighted by Crippen LogP contribution is -2.59. The highest BCUT2D eigenvalue weighted by atomic mass is 16.4. The molecule has 5 atom stereocenters. The second-order valence-corrected chi connectivity index (χ2v) is 8.21. The van der Waals surface area contributed by atoms with E-state index in [0.29, 0.717) is 6.42 Å². The molecule has 1 heterocycles. The molecule has 34 heavy (non-hydrogen) atoms. The first-order chi connectivity index (χ1) is 16.0. The molecule has 5 unspecified atom stereocenters. The third kappa shape index (κ3) is 7.25. The second-order valence-electron chi connectivity index (χ2n) is 8.21. The molecule has 0 radical (unpaired) electrons. The summed E-state index contributed by atoms with van der Waals surface area (Å²) in [6.45, 7) is 1.45. The standard InChI is InChI=1S/C22H30N4O8/c1-12(27)18(25-19(30)14(23)10-13-6-3-2-4-7-13)21(32)26-9-5-8-16(26)20(31)24-15(22(33)34)11-17(28)29/h2-4,6-7,12,14-16,18,27H,5,8-11,23H2,1H3,(H,24,31)(H,25,30)(H,28,29)(H,33,34). The lowest BCUT2D eigenvalue weighted by atomic mass is 10.0. The Bertz CT molecular complexity index is 907. The van der Waals surface area contributed by atoms with Gasteiger partial charge in [-0.1, -0.05) is 30.3 Å². The number of nitrogens with two attached hydrogens (primary N) is 1. The van der Waals surface area contributed by atoms with Gasteiger partial charge in [0.25, 0.3) is 0 Å². The number of carbonyl (C=O) groups is 5. The lowest BCUT2D eigenvalue weighted by molar-refractivity contribution is -0.149. The quantitative estimate of drug-likeness (QED) is 0.218. The normalized spacial score (nSPS) is 18.9. The Labute approximate surface area is 196 Å². The van der Waals surface area contributed by atoms with Crippen molar-refractivity contribution in [2.45, 2.75) is 62.9 Å². The SMILES string of the molecule is CC(O)C(NC(=O)C(N)Cc1ccccc1)C(=O)N1CCCC1C(=O)NC(CC(=O)O)C(=O)O. The number of aliphatic hydroxyl groups excluding tert-OH is 1. The third-order valence-electron chi connectivity index (χ3n) is 5.51. The van der Waals surface area contributed by atoms with Gasteiger partial charge in [0.15, 0.2) is 0 Å². The molecule has 1 aliphatic heterocycles. The summed E-state index contributed by atoms with van der Waals surface area (Å²) in [5.74, 6) is -5.13. The van der Waals surface area contributed by atoms with Crippen LogP contribution in [-0.2, 0) is 30.4 Å². The van der Waals surface area contributed by atoms with Crippen molar-refractivity contribution in [1.82, 2.24) is 15.5 Å². The second kappa shape index (κ2) is 12.1. The van der Waals surface area contributed by atoms with Crippen LogP contribution in [0.25, 0.3) is 0 Å². The van der Waals surface area contributed by atoms with Crippen molar-refractivity contribution in [3.8, 4) is 0 Å². The number of nitrogens with zero attached hydrogens (tertiary/aromatic N) is 1. The third-order valence-corrected chi connectivity index (χ3v) is 5.51. The van der Waals surface area contributed by atoms with Crippen LogP contribution in [0.3, 0.4) is 0 Å². The van der Waals surface area contributed by atoms with Crippen molar-refractivity contribution in [2.24, 2.45) is 5.73 Å². The Morgan fingerprint density at radius 1 is 1.12 bits per heavy atom. The number of hydrogen-bond acceptors (Lipinski definition) is 7.